The highest BCUT2D eigenvalue weighted by atomic mass is 16.5. The molecule has 94 valence electrons. The maximum atomic E-state index is 5.94. The Morgan fingerprint density at radius 2 is 2.12 bits per heavy atom. The van der Waals surface area contributed by atoms with Crippen molar-refractivity contribution in [2.24, 2.45) is 5.73 Å². The highest BCUT2D eigenvalue weighted by molar-refractivity contribution is 5.26. The van der Waals surface area contributed by atoms with Gasteiger partial charge in [-0.2, -0.15) is 0 Å². The number of ether oxygens (including phenoxy) is 1. The molecule has 3 nitrogen and oxygen atoms in total. The average molecular weight is 234 g/mol. The molecule has 0 aliphatic carbocycles. The minimum Gasteiger partial charge on any atom is -0.492 e. The van der Waals surface area contributed by atoms with Crippen LogP contribution in [0, 0.1) is 6.92 Å². The number of nitrogens with zero attached hydrogens (tertiary/aromatic N) is 1. The van der Waals surface area contributed by atoms with Crippen LogP contribution in [-0.4, -0.2) is 37.2 Å². The Morgan fingerprint density at radius 3 is 2.82 bits per heavy atom. The van der Waals surface area contributed by atoms with Gasteiger partial charge in [0.05, 0.1) is 0 Å². The summed E-state index contributed by atoms with van der Waals surface area (Å²) < 4.78 is 5.72. The molecule has 1 fully saturated rings. The van der Waals surface area contributed by atoms with Gasteiger partial charge in [0.15, 0.2) is 0 Å². The summed E-state index contributed by atoms with van der Waals surface area (Å²) in [5.41, 5.74) is 7.21. The van der Waals surface area contributed by atoms with E-state index < -0.39 is 0 Å². The summed E-state index contributed by atoms with van der Waals surface area (Å²) in [6.45, 7) is 5.97. The van der Waals surface area contributed by atoms with Gasteiger partial charge in [-0.3, -0.25) is 4.90 Å². The summed E-state index contributed by atoms with van der Waals surface area (Å²) in [6.07, 6.45) is 2.38. The van der Waals surface area contributed by atoms with E-state index in [2.05, 4.69) is 24.0 Å². The Labute approximate surface area is 104 Å². The first-order valence-electron chi connectivity index (χ1n) is 6.41. The minimum atomic E-state index is 0.350. The van der Waals surface area contributed by atoms with E-state index in [-0.39, 0.29) is 0 Å². The van der Waals surface area contributed by atoms with E-state index in [1.165, 1.54) is 12.0 Å². The molecule has 0 saturated carbocycles. The summed E-state index contributed by atoms with van der Waals surface area (Å²) >= 11 is 0. The van der Waals surface area contributed by atoms with Crippen LogP contribution in [0.25, 0.3) is 0 Å². The van der Waals surface area contributed by atoms with E-state index >= 15 is 0 Å². The topological polar surface area (TPSA) is 38.5 Å². The molecule has 0 spiro atoms. The first-order valence-corrected chi connectivity index (χ1v) is 6.41. The maximum absolute atomic E-state index is 5.94. The van der Waals surface area contributed by atoms with Crippen molar-refractivity contribution in [1.82, 2.24) is 4.90 Å². The fourth-order valence-corrected chi connectivity index (χ4v) is 2.22. The molecule has 1 heterocycles. The zero-order valence-electron chi connectivity index (χ0n) is 10.6. The summed E-state index contributed by atoms with van der Waals surface area (Å²) in [6, 6.07) is 8.55. The van der Waals surface area contributed by atoms with Crippen molar-refractivity contribution in [2.75, 3.05) is 26.2 Å². The lowest BCUT2D eigenvalue weighted by molar-refractivity contribution is 0.171. The molecule has 17 heavy (non-hydrogen) atoms. The maximum Gasteiger partial charge on any atom is 0.119 e. The molecule has 1 saturated heterocycles. The van der Waals surface area contributed by atoms with E-state index in [0.29, 0.717) is 6.04 Å². The van der Waals surface area contributed by atoms with E-state index in [4.69, 9.17) is 10.5 Å². The zero-order valence-corrected chi connectivity index (χ0v) is 10.6. The molecule has 0 aromatic heterocycles. The standard InChI is InChI=1S/C14H22N2O/c1-12-4-6-14(7-5-12)17-10-9-16-8-2-3-13(15)11-16/h4-7,13H,2-3,8-11,15H2,1H3/t13-/m1/s1. The Kier molecular flexibility index (Phi) is 4.40. The summed E-state index contributed by atoms with van der Waals surface area (Å²) in [4.78, 5) is 2.39. The van der Waals surface area contributed by atoms with Crippen molar-refractivity contribution < 1.29 is 4.74 Å². The molecular formula is C14H22N2O. The normalized spacial score (nSPS) is 21.4. The third-order valence-corrected chi connectivity index (χ3v) is 3.24. The monoisotopic (exact) mass is 234 g/mol. The third-order valence-electron chi connectivity index (χ3n) is 3.24. The quantitative estimate of drug-likeness (QED) is 0.863. The number of hydrogen-bond donors (Lipinski definition) is 1. The minimum absolute atomic E-state index is 0.350. The van der Waals surface area contributed by atoms with Crippen LogP contribution >= 0.6 is 0 Å². The van der Waals surface area contributed by atoms with Gasteiger partial charge in [0.25, 0.3) is 0 Å². The molecule has 1 aliphatic rings. The molecule has 1 aromatic carbocycles. The molecule has 0 unspecified atom stereocenters. The van der Waals surface area contributed by atoms with Crippen molar-refractivity contribution >= 4 is 0 Å². The lowest BCUT2D eigenvalue weighted by atomic mass is 10.1. The van der Waals surface area contributed by atoms with Gasteiger partial charge in [0.1, 0.15) is 12.4 Å². The first kappa shape index (κ1) is 12.4. The van der Waals surface area contributed by atoms with Gasteiger partial charge in [0, 0.05) is 19.1 Å². The number of likely N-dealkylation sites (tertiary alicyclic amines) is 1. The molecule has 1 atom stereocenters. The number of nitrogens with two attached hydrogens (primary N) is 1. The third kappa shape index (κ3) is 4.02. The van der Waals surface area contributed by atoms with Gasteiger partial charge in [-0.15, -0.1) is 0 Å². The first-order chi connectivity index (χ1) is 8.24. The van der Waals surface area contributed by atoms with Crippen molar-refractivity contribution in [3.8, 4) is 5.75 Å². The number of aryl methyl sites for hydroxylation is 1. The second kappa shape index (κ2) is 6.03. The van der Waals surface area contributed by atoms with Crippen LogP contribution < -0.4 is 10.5 Å². The van der Waals surface area contributed by atoms with Gasteiger partial charge < -0.3 is 10.5 Å². The molecule has 2 rings (SSSR count). The fraction of sp³-hybridized carbons (Fsp3) is 0.571. The lowest BCUT2D eigenvalue weighted by Gasteiger charge is -2.30. The van der Waals surface area contributed by atoms with E-state index in [1.54, 1.807) is 0 Å². The van der Waals surface area contributed by atoms with Crippen LogP contribution in [0.1, 0.15) is 18.4 Å². The fourth-order valence-electron chi connectivity index (χ4n) is 2.22. The zero-order chi connectivity index (χ0) is 12.1. The molecule has 0 amide bonds. The van der Waals surface area contributed by atoms with Crippen molar-refractivity contribution in [1.29, 1.82) is 0 Å². The summed E-state index contributed by atoms with van der Waals surface area (Å²) in [5.74, 6) is 0.955. The van der Waals surface area contributed by atoms with Gasteiger partial charge in [-0.05, 0) is 38.4 Å². The van der Waals surface area contributed by atoms with Gasteiger partial charge in [-0.1, -0.05) is 17.7 Å². The van der Waals surface area contributed by atoms with E-state index in [9.17, 15) is 0 Å². The largest absolute Gasteiger partial charge is 0.492 e. The Bertz CT molecular complexity index is 337. The van der Waals surface area contributed by atoms with Crippen molar-refractivity contribution in [3.05, 3.63) is 29.8 Å². The molecule has 0 bridgehead atoms. The number of hydrogen-bond acceptors (Lipinski definition) is 3. The van der Waals surface area contributed by atoms with Gasteiger partial charge >= 0.3 is 0 Å². The van der Waals surface area contributed by atoms with Crippen molar-refractivity contribution in [3.63, 3.8) is 0 Å². The van der Waals surface area contributed by atoms with Gasteiger partial charge in [0.2, 0.25) is 0 Å². The highest BCUT2D eigenvalue weighted by Crippen LogP contribution is 2.12. The van der Waals surface area contributed by atoms with Crippen molar-refractivity contribution in [2.45, 2.75) is 25.8 Å². The number of rotatable bonds is 4. The molecule has 3 heteroatoms. The molecule has 1 aromatic rings. The number of benzene rings is 1. The summed E-state index contributed by atoms with van der Waals surface area (Å²) in [7, 11) is 0. The lowest BCUT2D eigenvalue weighted by Crippen LogP contribution is -2.44. The SMILES string of the molecule is Cc1ccc(OCCN2CCC[C@@H](N)C2)cc1. The Balaban J connectivity index is 1.70. The molecule has 1 aliphatic heterocycles. The molecule has 0 radical (unpaired) electrons. The van der Waals surface area contributed by atoms with Crippen LogP contribution in [0.3, 0.4) is 0 Å². The smallest absolute Gasteiger partial charge is 0.119 e. The van der Waals surface area contributed by atoms with E-state index in [0.717, 1.165) is 38.4 Å². The molecule has 2 N–H and O–H groups in total. The summed E-state index contributed by atoms with van der Waals surface area (Å²) in [5, 5.41) is 0. The van der Waals surface area contributed by atoms with Crippen LogP contribution in [-0.2, 0) is 0 Å². The van der Waals surface area contributed by atoms with Crippen LogP contribution in [0.15, 0.2) is 24.3 Å². The van der Waals surface area contributed by atoms with Crippen LogP contribution in [0.4, 0.5) is 0 Å². The van der Waals surface area contributed by atoms with Gasteiger partial charge in [-0.25, -0.2) is 0 Å². The molecular weight excluding hydrogens is 212 g/mol. The predicted molar refractivity (Wildman–Crippen MR) is 70.3 cm³/mol. The van der Waals surface area contributed by atoms with Crippen LogP contribution in [0.2, 0.25) is 0 Å². The Hall–Kier alpha value is -1.06. The Morgan fingerprint density at radius 1 is 1.35 bits per heavy atom. The second-order valence-electron chi connectivity index (χ2n) is 4.86. The second-order valence-corrected chi connectivity index (χ2v) is 4.86. The predicted octanol–water partition coefficient (Wildman–Crippen LogP) is 1.80. The highest BCUT2D eigenvalue weighted by Gasteiger charge is 2.15. The average Bonchev–Trinajstić information content (AvgIpc) is 2.32. The van der Waals surface area contributed by atoms with E-state index in [1.807, 2.05) is 12.1 Å². The van der Waals surface area contributed by atoms with Crippen LogP contribution in [0.5, 0.6) is 5.75 Å². The number of piperidine rings is 1.